The zero-order chi connectivity index (χ0) is 31.0. The van der Waals surface area contributed by atoms with E-state index in [1.54, 1.807) is 6.07 Å². The van der Waals surface area contributed by atoms with E-state index in [4.69, 9.17) is 32.9 Å². The zero-order valence-electron chi connectivity index (χ0n) is 25.6. The van der Waals surface area contributed by atoms with E-state index in [0.29, 0.717) is 17.2 Å². The second-order valence-corrected chi connectivity index (χ2v) is 14.9. The summed E-state index contributed by atoms with van der Waals surface area (Å²) in [5.41, 5.74) is 4.18. The molecule has 0 N–H and O–H groups in total. The highest BCUT2D eigenvalue weighted by atomic mass is 35.5. The standard InChI is InChI=1S/C39H37Cl2FN2O/c1-37(2)18-20-38(21-19-37)39(24-43-31-22-27(40)16-17-29(31)39)33(28-14-9-15-30(41)34(28)42)32-23-45-36(26-12-7-4-8-13-26)35(44(32)38)25-10-5-3-6-11-25/h3-17,22,24,32-33,35-36H,18-21,23H2,1-2H3/t32-,33-,35+,36-,39-/m0/s1. The third-order valence-electron chi connectivity index (χ3n) is 11.4. The first-order chi connectivity index (χ1) is 21.8. The summed E-state index contributed by atoms with van der Waals surface area (Å²) in [5.74, 6) is -0.638. The molecule has 4 aromatic rings. The molecule has 4 aliphatic rings. The number of hydrogen-bond acceptors (Lipinski definition) is 3. The molecule has 6 heteroatoms. The van der Waals surface area contributed by atoms with Crippen molar-refractivity contribution in [1.82, 2.24) is 4.90 Å². The summed E-state index contributed by atoms with van der Waals surface area (Å²) in [7, 11) is 0. The molecular weight excluding hydrogens is 602 g/mol. The molecule has 3 aliphatic heterocycles. The minimum atomic E-state index is -0.623. The molecule has 2 saturated heterocycles. The maximum Gasteiger partial charge on any atom is 0.145 e. The van der Waals surface area contributed by atoms with Crippen LogP contribution in [0.15, 0.2) is 102 Å². The van der Waals surface area contributed by atoms with Crippen LogP contribution in [-0.4, -0.2) is 29.3 Å². The Balaban J connectivity index is 1.44. The SMILES string of the molecule is CC1(C)CCC2(CC1)N1[C@H](c3ccccc3)[C@H](c3ccccc3)OC[C@H]1[C@H](c1cccc(Cl)c1F)[C@@]21C=Nc2cc(Cl)ccc21. The molecule has 0 radical (unpaired) electrons. The maximum atomic E-state index is 16.5. The van der Waals surface area contributed by atoms with E-state index in [-0.39, 0.29) is 45.9 Å². The van der Waals surface area contributed by atoms with Crippen molar-refractivity contribution in [3.63, 3.8) is 0 Å². The first-order valence-electron chi connectivity index (χ1n) is 16.0. The largest absolute Gasteiger partial charge is 0.370 e. The lowest BCUT2D eigenvalue weighted by molar-refractivity contribution is -0.142. The molecule has 5 atom stereocenters. The average Bonchev–Trinajstić information content (AvgIpc) is 3.54. The lowest BCUT2D eigenvalue weighted by Gasteiger charge is -2.57. The van der Waals surface area contributed by atoms with Crippen LogP contribution in [0, 0.1) is 11.2 Å². The number of halogens is 3. The van der Waals surface area contributed by atoms with Gasteiger partial charge in [-0.2, -0.15) is 0 Å². The number of nitrogens with zero attached hydrogens (tertiary/aromatic N) is 2. The van der Waals surface area contributed by atoms with Gasteiger partial charge < -0.3 is 4.74 Å². The highest BCUT2D eigenvalue weighted by Crippen LogP contribution is 2.70. The van der Waals surface area contributed by atoms with Gasteiger partial charge in [0.25, 0.3) is 0 Å². The Kier molecular flexibility index (Phi) is 7.03. The van der Waals surface area contributed by atoms with E-state index >= 15 is 4.39 Å². The van der Waals surface area contributed by atoms with Gasteiger partial charge in [0.2, 0.25) is 0 Å². The van der Waals surface area contributed by atoms with Crippen molar-refractivity contribution in [3.05, 3.63) is 135 Å². The van der Waals surface area contributed by atoms with Gasteiger partial charge in [-0.25, -0.2) is 4.39 Å². The van der Waals surface area contributed by atoms with E-state index < -0.39 is 5.41 Å². The van der Waals surface area contributed by atoms with Crippen molar-refractivity contribution < 1.29 is 9.13 Å². The first-order valence-corrected chi connectivity index (χ1v) is 16.8. The molecule has 4 aromatic carbocycles. The van der Waals surface area contributed by atoms with Gasteiger partial charge in [0, 0.05) is 28.7 Å². The van der Waals surface area contributed by atoms with Gasteiger partial charge in [0.05, 0.1) is 28.8 Å². The third-order valence-corrected chi connectivity index (χ3v) is 11.9. The van der Waals surface area contributed by atoms with Crippen LogP contribution in [0.2, 0.25) is 10.0 Å². The molecule has 3 fully saturated rings. The molecule has 0 aromatic heterocycles. The monoisotopic (exact) mass is 638 g/mol. The second kappa shape index (κ2) is 10.8. The van der Waals surface area contributed by atoms with Crippen molar-refractivity contribution in [2.24, 2.45) is 10.4 Å². The number of aliphatic imine (C=N–C) groups is 1. The topological polar surface area (TPSA) is 24.8 Å². The molecule has 3 nitrogen and oxygen atoms in total. The van der Waals surface area contributed by atoms with E-state index in [1.807, 2.05) is 24.3 Å². The Morgan fingerprint density at radius 2 is 1.51 bits per heavy atom. The molecule has 3 heterocycles. The van der Waals surface area contributed by atoms with E-state index in [1.165, 1.54) is 5.56 Å². The second-order valence-electron chi connectivity index (χ2n) is 14.1. The molecular formula is C39H37Cl2FN2O. The predicted octanol–water partition coefficient (Wildman–Crippen LogP) is 10.4. The van der Waals surface area contributed by atoms with Crippen molar-refractivity contribution >= 4 is 35.1 Å². The van der Waals surface area contributed by atoms with Crippen LogP contribution in [0.25, 0.3) is 0 Å². The number of morpholine rings is 1. The Morgan fingerprint density at radius 1 is 0.822 bits per heavy atom. The Bertz CT molecular complexity index is 1770. The molecule has 1 aliphatic carbocycles. The van der Waals surface area contributed by atoms with E-state index in [0.717, 1.165) is 42.5 Å². The van der Waals surface area contributed by atoms with Crippen LogP contribution in [0.3, 0.4) is 0 Å². The number of benzene rings is 4. The van der Waals surface area contributed by atoms with Gasteiger partial charge in [-0.3, -0.25) is 9.89 Å². The number of hydrogen-bond donors (Lipinski definition) is 0. The molecule has 0 bridgehead atoms. The fourth-order valence-corrected chi connectivity index (χ4v) is 9.67. The zero-order valence-corrected chi connectivity index (χ0v) is 27.1. The van der Waals surface area contributed by atoms with Crippen LogP contribution in [0.5, 0.6) is 0 Å². The van der Waals surface area contributed by atoms with Crippen LogP contribution >= 0.6 is 23.2 Å². The third kappa shape index (κ3) is 4.33. The van der Waals surface area contributed by atoms with Crippen LogP contribution < -0.4 is 0 Å². The predicted molar refractivity (Wildman–Crippen MR) is 180 cm³/mol. The molecule has 8 rings (SSSR count). The normalized spacial score (nSPS) is 29.6. The molecule has 0 amide bonds. The highest BCUT2D eigenvalue weighted by Gasteiger charge is 2.73. The fraction of sp³-hybridized carbons (Fsp3) is 0.359. The molecule has 1 saturated carbocycles. The fourth-order valence-electron chi connectivity index (χ4n) is 9.33. The van der Waals surface area contributed by atoms with Gasteiger partial charge in [0.15, 0.2) is 0 Å². The number of ether oxygens (including phenoxy) is 1. The minimum Gasteiger partial charge on any atom is -0.370 e. The van der Waals surface area contributed by atoms with Crippen LogP contribution in [-0.2, 0) is 10.2 Å². The van der Waals surface area contributed by atoms with Crippen LogP contribution in [0.1, 0.15) is 79.8 Å². The summed E-state index contributed by atoms with van der Waals surface area (Å²) in [6, 6.07) is 32.6. The van der Waals surface area contributed by atoms with Gasteiger partial charge in [-0.1, -0.05) is 116 Å². The Morgan fingerprint density at radius 3 is 2.22 bits per heavy atom. The van der Waals surface area contributed by atoms with Gasteiger partial charge >= 0.3 is 0 Å². The summed E-state index contributed by atoms with van der Waals surface area (Å²) < 4.78 is 23.5. The summed E-state index contributed by atoms with van der Waals surface area (Å²) in [6.45, 7) is 5.22. The van der Waals surface area contributed by atoms with E-state index in [2.05, 4.69) is 91.7 Å². The maximum absolute atomic E-state index is 16.5. The van der Waals surface area contributed by atoms with Gasteiger partial charge in [-0.15, -0.1) is 0 Å². The first kappa shape index (κ1) is 29.4. The van der Waals surface area contributed by atoms with Crippen molar-refractivity contribution in [3.8, 4) is 0 Å². The van der Waals surface area contributed by atoms with E-state index in [9.17, 15) is 0 Å². The summed E-state index contributed by atoms with van der Waals surface area (Å²) in [4.78, 5) is 7.89. The average molecular weight is 640 g/mol. The summed E-state index contributed by atoms with van der Waals surface area (Å²) in [6.07, 6.45) is 5.98. The van der Waals surface area contributed by atoms with Crippen molar-refractivity contribution in [2.75, 3.05) is 6.61 Å². The number of fused-ring (bicyclic) bond motifs is 5. The molecule has 2 spiro atoms. The Labute approximate surface area is 275 Å². The minimum absolute atomic E-state index is 0.0950. The number of rotatable bonds is 3. The smallest absolute Gasteiger partial charge is 0.145 e. The molecule has 45 heavy (non-hydrogen) atoms. The quantitative estimate of drug-likeness (QED) is 0.223. The lowest BCUT2D eigenvalue weighted by atomic mass is 9.53. The van der Waals surface area contributed by atoms with Crippen LogP contribution in [0.4, 0.5) is 10.1 Å². The summed E-state index contributed by atoms with van der Waals surface area (Å²) in [5, 5.41) is 0.794. The van der Waals surface area contributed by atoms with Gasteiger partial charge in [-0.05, 0) is 71.6 Å². The highest BCUT2D eigenvalue weighted by molar-refractivity contribution is 6.31. The Hall–Kier alpha value is -3.02. The summed E-state index contributed by atoms with van der Waals surface area (Å²) >= 11 is 13.1. The van der Waals surface area contributed by atoms with Gasteiger partial charge in [0.1, 0.15) is 11.9 Å². The van der Waals surface area contributed by atoms with Crippen molar-refractivity contribution in [2.45, 2.75) is 74.6 Å². The molecule has 230 valence electrons. The molecule has 0 unspecified atom stereocenters. The van der Waals surface area contributed by atoms with Crippen molar-refractivity contribution in [1.29, 1.82) is 0 Å². The lowest BCUT2D eigenvalue weighted by Crippen LogP contribution is -2.62.